The number of fused-ring (bicyclic) bond motifs is 1. The normalized spacial score (nSPS) is 14.1. The molecule has 0 saturated heterocycles. The van der Waals surface area contributed by atoms with Crippen molar-refractivity contribution < 1.29 is 64.4 Å². The molecule has 5 nitrogen and oxygen atoms in total. The maximum Gasteiger partial charge on any atom is 1.00 e. The van der Waals surface area contributed by atoms with Crippen LogP contribution >= 0.6 is 0 Å². The van der Waals surface area contributed by atoms with E-state index in [1.54, 1.807) is 12.1 Å². The van der Waals surface area contributed by atoms with Crippen LogP contribution in [0.15, 0.2) is 24.3 Å². The van der Waals surface area contributed by atoms with E-state index in [0.717, 1.165) is 12.8 Å². The summed E-state index contributed by atoms with van der Waals surface area (Å²) >= 11 is 0. The van der Waals surface area contributed by atoms with Gasteiger partial charge in [0.1, 0.15) is 10.1 Å². The molecule has 2 N–H and O–H groups in total. The molecule has 1 aromatic carbocycles. The number of nitrogens with one attached hydrogen (secondary N) is 2. The van der Waals surface area contributed by atoms with E-state index in [1.807, 2.05) is 12.1 Å². The number of hydrogen-bond donors (Lipinski definition) is 2. The molecule has 0 aliphatic carbocycles. The summed E-state index contributed by atoms with van der Waals surface area (Å²) in [6.45, 7) is 2.28. The van der Waals surface area contributed by atoms with E-state index in [0.29, 0.717) is 17.8 Å². The molecule has 0 spiro atoms. The SMILES string of the molecule is CCCCCCCCCCCCCCCCCCCCCCC1(S(=O)(=O)[O-])Nc2ccccc2N1.[K+]. The minimum atomic E-state index is -4.53. The summed E-state index contributed by atoms with van der Waals surface area (Å²) in [5.74, 6) is 0. The minimum absolute atomic E-state index is 0. The van der Waals surface area contributed by atoms with E-state index in [-0.39, 0.29) is 57.8 Å². The van der Waals surface area contributed by atoms with Crippen LogP contribution < -0.4 is 62.0 Å². The van der Waals surface area contributed by atoms with Gasteiger partial charge >= 0.3 is 51.4 Å². The first-order chi connectivity index (χ1) is 17.0. The molecule has 0 amide bonds. The van der Waals surface area contributed by atoms with Gasteiger partial charge in [0.15, 0.2) is 0 Å². The van der Waals surface area contributed by atoms with E-state index in [9.17, 15) is 13.0 Å². The first-order valence-electron chi connectivity index (χ1n) is 14.6. The Morgan fingerprint density at radius 3 is 1.22 bits per heavy atom. The molecule has 0 radical (unpaired) electrons. The van der Waals surface area contributed by atoms with Crippen LogP contribution in [0.3, 0.4) is 0 Å². The predicted molar refractivity (Wildman–Crippen MR) is 149 cm³/mol. The van der Waals surface area contributed by atoms with E-state index >= 15 is 0 Å². The van der Waals surface area contributed by atoms with Crippen LogP contribution in [0.25, 0.3) is 0 Å². The van der Waals surface area contributed by atoms with Gasteiger partial charge in [-0.1, -0.05) is 141 Å². The van der Waals surface area contributed by atoms with Crippen LogP contribution in [0.4, 0.5) is 11.4 Å². The average molecular weight is 547 g/mol. The van der Waals surface area contributed by atoms with Gasteiger partial charge in [0.05, 0.1) is 11.4 Å². The van der Waals surface area contributed by atoms with Crippen molar-refractivity contribution in [3.63, 3.8) is 0 Å². The fourth-order valence-corrected chi connectivity index (χ4v) is 6.04. The van der Waals surface area contributed by atoms with Crippen molar-refractivity contribution in [2.75, 3.05) is 10.6 Å². The Hall–Kier alpha value is 0.366. The van der Waals surface area contributed by atoms with Gasteiger partial charge < -0.3 is 15.2 Å². The summed E-state index contributed by atoms with van der Waals surface area (Å²) in [5, 5.41) is 5.87. The van der Waals surface area contributed by atoms with Crippen LogP contribution in [0, 0.1) is 0 Å². The van der Waals surface area contributed by atoms with Crippen molar-refractivity contribution >= 4 is 21.5 Å². The van der Waals surface area contributed by atoms with Gasteiger partial charge in [0.2, 0.25) is 4.99 Å². The molecule has 0 atom stereocenters. The molecule has 1 aliphatic rings. The third kappa shape index (κ3) is 13.4. The van der Waals surface area contributed by atoms with Crippen molar-refractivity contribution in [3.05, 3.63) is 24.3 Å². The number of para-hydroxylation sites is 2. The minimum Gasteiger partial charge on any atom is -0.745 e. The van der Waals surface area contributed by atoms with Gasteiger partial charge in [0.25, 0.3) is 0 Å². The molecule has 0 unspecified atom stereocenters. The summed E-state index contributed by atoms with van der Waals surface area (Å²) in [7, 11) is -4.53. The molecule has 1 aromatic rings. The number of anilines is 2. The predicted octanol–water partition coefficient (Wildman–Crippen LogP) is 5.94. The number of unbranched alkanes of at least 4 members (excludes halogenated alkanes) is 19. The topological polar surface area (TPSA) is 81.3 Å². The van der Waals surface area contributed by atoms with Crippen LogP contribution in [-0.2, 0) is 10.1 Å². The fourth-order valence-electron chi connectivity index (χ4n) is 5.17. The first-order valence-corrected chi connectivity index (χ1v) is 16.0. The quantitative estimate of drug-likeness (QED) is 0.107. The van der Waals surface area contributed by atoms with Gasteiger partial charge in [-0.3, -0.25) is 0 Å². The second-order valence-electron chi connectivity index (χ2n) is 10.5. The summed E-state index contributed by atoms with van der Waals surface area (Å²) in [6, 6.07) is 7.26. The van der Waals surface area contributed by atoms with E-state index < -0.39 is 15.1 Å². The van der Waals surface area contributed by atoms with Gasteiger partial charge in [-0.05, 0) is 18.6 Å². The monoisotopic (exact) mass is 546 g/mol. The Kier molecular flexibility index (Phi) is 19.4. The summed E-state index contributed by atoms with van der Waals surface area (Å²) in [5.41, 5.74) is 1.36. The molecular weight excluding hydrogens is 495 g/mol. The van der Waals surface area contributed by atoms with Crippen LogP contribution in [0.1, 0.15) is 142 Å². The van der Waals surface area contributed by atoms with Crippen molar-refractivity contribution in [1.82, 2.24) is 0 Å². The second-order valence-corrected chi connectivity index (χ2v) is 12.1. The smallest absolute Gasteiger partial charge is 0.745 e. The van der Waals surface area contributed by atoms with E-state index in [4.69, 9.17) is 0 Å². The molecule has 1 heterocycles. The molecular formula is C29H51KN2O3S. The molecule has 0 aromatic heterocycles. The number of benzene rings is 1. The molecule has 7 heteroatoms. The van der Waals surface area contributed by atoms with Crippen molar-refractivity contribution in [1.29, 1.82) is 0 Å². The van der Waals surface area contributed by atoms with E-state index in [1.165, 1.54) is 109 Å². The Bertz CT molecular complexity index is 763. The molecule has 0 fully saturated rings. The van der Waals surface area contributed by atoms with Gasteiger partial charge in [-0.2, -0.15) is 0 Å². The molecule has 202 valence electrons. The Morgan fingerprint density at radius 1 is 0.611 bits per heavy atom. The van der Waals surface area contributed by atoms with Gasteiger partial charge in [0, 0.05) is 6.42 Å². The number of hydrogen-bond acceptors (Lipinski definition) is 5. The Labute approximate surface area is 264 Å². The Morgan fingerprint density at radius 2 is 0.917 bits per heavy atom. The third-order valence-corrected chi connectivity index (χ3v) is 8.67. The first kappa shape index (κ1) is 34.4. The van der Waals surface area contributed by atoms with Crippen LogP contribution in [0.5, 0.6) is 0 Å². The zero-order valence-electron chi connectivity index (χ0n) is 23.3. The molecule has 1 aliphatic heterocycles. The van der Waals surface area contributed by atoms with Crippen molar-refractivity contribution in [2.24, 2.45) is 0 Å². The Balaban J connectivity index is 0.00000648. The van der Waals surface area contributed by atoms with Crippen LogP contribution in [0.2, 0.25) is 0 Å². The number of rotatable bonds is 22. The zero-order chi connectivity index (χ0) is 25.2. The van der Waals surface area contributed by atoms with Crippen molar-refractivity contribution in [3.8, 4) is 0 Å². The largest absolute Gasteiger partial charge is 1.00 e. The van der Waals surface area contributed by atoms with E-state index in [2.05, 4.69) is 17.6 Å². The average Bonchev–Trinajstić information content (AvgIpc) is 3.23. The second kappa shape index (κ2) is 20.3. The van der Waals surface area contributed by atoms with Gasteiger partial charge in [-0.25, -0.2) is 8.42 Å². The standard InChI is InChI=1S/C29H52N2O3S.K/c1-2-3-4-5-6-7-8-9-10-11-12-13-14-15-16-17-18-19-20-23-26-29(35(32,33)34)30-27-24-21-22-25-28(27)31-29;/h21-22,24-25,30-31H,2-20,23,26H2,1H3,(H,32,33,34);/q;+1/p-1. The molecule has 2 rings (SSSR count). The molecule has 0 bridgehead atoms. The van der Waals surface area contributed by atoms with Crippen molar-refractivity contribution in [2.45, 2.75) is 147 Å². The maximum absolute atomic E-state index is 12.0. The maximum atomic E-state index is 12.0. The van der Waals surface area contributed by atoms with Gasteiger partial charge in [-0.15, -0.1) is 0 Å². The summed E-state index contributed by atoms with van der Waals surface area (Å²) in [6.07, 6.45) is 26.4. The fraction of sp³-hybridized carbons (Fsp3) is 0.793. The zero-order valence-corrected chi connectivity index (χ0v) is 27.2. The molecule has 0 saturated carbocycles. The van der Waals surface area contributed by atoms with Crippen LogP contribution in [-0.4, -0.2) is 18.0 Å². The third-order valence-electron chi connectivity index (χ3n) is 7.41. The summed E-state index contributed by atoms with van der Waals surface area (Å²) < 4.78 is 35.9. The summed E-state index contributed by atoms with van der Waals surface area (Å²) in [4.78, 5) is -1.61. The molecule has 36 heavy (non-hydrogen) atoms.